The van der Waals surface area contributed by atoms with Crippen molar-refractivity contribution in [3.05, 3.63) is 64.1 Å². The van der Waals surface area contributed by atoms with E-state index in [0.29, 0.717) is 11.3 Å². The highest BCUT2D eigenvalue weighted by atomic mass is 79.9. The first-order valence-corrected chi connectivity index (χ1v) is 9.12. The van der Waals surface area contributed by atoms with Crippen LogP contribution in [-0.2, 0) is 6.42 Å². The summed E-state index contributed by atoms with van der Waals surface area (Å²) in [5, 5.41) is 4.13. The summed E-state index contributed by atoms with van der Waals surface area (Å²) in [5.41, 5.74) is 2.99. The molecule has 2 aromatic carbocycles. The Morgan fingerprint density at radius 2 is 2.00 bits per heavy atom. The molecule has 0 spiro atoms. The van der Waals surface area contributed by atoms with E-state index in [2.05, 4.69) is 76.8 Å². The average molecular weight is 362 g/mol. The summed E-state index contributed by atoms with van der Waals surface area (Å²) in [6.07, 6.45) is 3.71. The van der Waals surface area contributed by atoms with Gasteiger partial charge in [-0.1, -0.05) is 46.3 Å². The van der Waals surface area contributed by atoms with E-state index in [1.807, 2.05) is 11.8 Å². The van der Waals surface area contributed by atoms with Crippen molar-refractivity contribution >= 4 is 27.7 Å². The Hall–Kier alpha value is -0.770. The molecule has 0 aromatic heterocycles. The van der Waals surface area contributed by atoms with Gasteiger partial charge in [0.15, 0.2) is 0 Å². The van der Waals surface area contributed by atoms with Crippen LogP contribution in [0.25, 0.3) is 0 Å². The van der Waals surface area contributed by atoms with Crippen LogP contribution in [-0.4, -0.2) is 12.3 Å². The molecule has 0 amide bonds. The van der Waals surface area contributed by atoms with E-state index in [-0.39, 0.29) is 0 Å². The average Bonchev–Trinajstić information content (AvgIpc) is 2.66. The van der Waals surface area contributed by atoms with Crippen LogP contribution in [0.1, 0.15) is 30.0 Å². The van der Waals surface area contributed by atoms with Gasteiger partial charge in [-0.05, 0) is 55.6 Å². The molecule has 0 radical (unpaired) electrons. The maximum Gasteiger partial charge on any atom is 0.0444 e. The summed E-state index contributed by atoms with van der Waals surface area (Å²) >= 11 is 5.57. The van der Waals surface area contributed by atoms with Gasteiger partial charge in [0.25, 0.3) is 0 Å². The minimum absolute atomic E-state index is 0.424. The predicted octanol–water partition coefficient (Wildman–Crippen LogP) is 5.21. The first kappa shape index (κ1) is 15.1. The lowest BCUT2D eigenvalue weighted by Crippen LogP contribution is -2.26. The summed E-state index contributed by atoms with van der Waals surface area (Å²) in [5.74, 6) is 0. The third kappa shape index (κ3) is 3.53. The minimum atomic E-state index is 0.424. The number of hydrogen-bond acceptors (Lipinski definition) is 2. The Bertz CT molecular complexity index is 614. The fraction of sp³-hybridized carbons (Fsp3) is 0.333. The van der Waals surface area contributed by atoms with Crippen LogP contribution in [0.4, 0.5) is 0 Å². The molecule has 0 fully saturated rings. The van der Waals surface area contributed by atoms with Gasteiger partial charge in [0.2, 0.25) is 0 Å². The predicted molar refractivity (Wildman–Crippen MR) is 95.0 cm³/mol. The number of thioether (sulfide) groups is 1. The van der Waals surface area contributed by atoms with E-state index < -0.39 is 0 Å². The zero-order valence-corrected chi connectivity index (χ0v) is 14.6. The van der Waals surface area contributed by atoms with Gasteiger partial charge >= 0.3 is 0 Å². The zero-order chi connectivity index (χ0) is 14.7. The number of nitrogens with one attached hydrogen (secondary N) is 1. The van der Waals surface area contributed by atoms with E-state index in [9.17, 15) is 0 Å². The quantitative estimate of drug-likeness (QED) is 0.753. The summed E-state index contributed by atoms with van der Waals surface area (Å²) in [4.78, 5) is 1.34. The van der Waals surface area contributed by atoms with Gasteiger partial charge in [-0.25, -0.2) is 0 Å². The van der Waals surface area contributed by atoms with Gasteiger partial charge in [0, 0.05) is 20.7 Å². The van der Waals surface area contributed by atoms with Crippen LogP contribution in [0.3, 0.4) is 0 Å². The molecule has 110 valence electrons. The number of rotatable bonds is 3. The molecule has 2 aromatic rings. The van der Waals surface area contributed by atoms with Crippen molar-refractivity contribution in [3.8, 4) is 0 Å². The third-order valence-corrected chi connectivity index (χ3v) is 5.92. The van der Waals surface area contributed by atoms with E-state index in [0.717, 1.165) is 4.47 Å². The van der Waals surface area contributed by atoms with Crippen molar-refractivity contribution in [1.29, 1.82) is 0 Å². The zero-order valence-electron chi connectivity index (χ0n) is 12.2. The van der Waals surface area contributed by atoms with Gasteiger partial charge in [-0.2, -0.15) is 0 Å². The van der Waals surface area contributed by atoms with E-state index in [1.165, 1.54) is 35.3 Å². The summed E-state index contributed by atoms with van der Waals surface area (Å²) in [6.45, 7) is 0. The van der Waals surface area contributed by atoms with Crippen molar-refractivity contribution < 1.29 is 0 Å². The van der Waals surface area contributed by atoms with Gasteiger partial charge in [0.05, 0.1) is 0 Å². The second-order valence-electron chi connectivity index (χ2n) is 5.47. The van der Waals surface area contributed by atoms with Gasteiger partial charge < -0.3 is 5.32 Å². The fourth-order valence-electron chi connectivity index (χ4n) is 3.11. The SMILES string of the molecule is CNC1c2ccccc2CCCC1Sc1cccc(Br)c1. The van der Waals surface area contributed by atoms with Gasteiger partial charge in [0.1, 0.15) is 0 Å². The Morgan fingerprint density at radius 3 is 2.81 bits per heavy atom. The lowest BCUT2D eigenvalue weighted by Gasteiger charge is -2.26. The van der Waals surface area contributed by atoms with E-state index in [1.54, 1.807) is 0 Å². The van der Waals surface area contributed by atoms with Crippen LogP contribution in [0.5, 0.6) is 0 Å². The standard InChI is InChI=1S/C18H20BrNS/c1-20-18-16-10-3-2-6-13(16)7-4-11-17(18)21-15-9-5-8-14(19)12-15/h2-3,5-6,8-10,12,17-18,20H,4,7,11H2,1H3. The first-order valence-electron chi connectivity index (χ1n) is 7.45. The van der Waals surface area contributed by atoms with E-state index in [4.69, 9.17) is 0 Å². The lowest BCUT2D eigenvalue weighted by molar-refractivity contribution is 0.548. The monoisotopic (exact) mass is 361 g/mol. The number of benzene rings is 2. The Balaban J connectivity index is 1.88. The molecule has 0 saturated heterocycles. The van der Waals surface area contributed by atoms with Crippen molar-refractivity contribution in [2.45, 2.75) is 35.4 Å². The lowest BCUT2D eigenvalue weighted by atomic mass is 9.99. The molecule has 1 nitrogen and oxygen atoms in total. The maximum absolute atomic E-state index is 3.57. The largest absolute Gasteiger partial charge is 0.312 e. The minimum Gasteiger partial charge on any atom is -0.312 e. The van der Waals surface area contributed by atoms with Crippen LogP contribution in [0.15, 0.2) is 57.9 Å². The molecule has 0 heterocycles. The van der Waals surface area contributed by atoms with Crippen molar-refractivity contribution in [3.63, 3.8) is 0 Å². The van der Waals surface area contributed by atoms with Crippen molar-refractivity contribution in [1.82, 2.24) is 5.32 Å². The highest BCUT2D eigenvalue weighted by Crippen LogP contribution is 2.39. The molecule has 0 bridgehead atoms. The molecule has 21 heavy (non-hydrogen) atoms. The third-order valence-electron chi connectivity index (χ3n) is 4.09. The van der Waals surface area contributed by atoms with Crippen molar-refractivity contribution in [2.75, 3.05) is 7.05 Å². The number of hydrogen-bond donors (Lipinski definition) is 1. The number of halogens is 1. The van der Waals surface area contributed by atoms with Crippen LogP contribution in [0.2, 0.25) is 0 Å². The van der Waals surface area contributed by atoms with Gasteiger partial charge in [-0.15, -0.1) is 11.8 Å². The fourth-order valence-corrected chi connectivity index (χ4v) is 5.07. The summed E-state index contributed by atoms with van der Waals surface area (Å²) in [7, 11) is 2.08. The van der Waals surface area contributed by atoms with Gasteiger partial charge in [-0.3, -0.25) is 0 Å². The van der Waals surface area contributed by atoms with E-state index >= 15 is 0 Å². The molecule has 2 unspecified atom stereocenters. The molecule has 1 aliphatic rings. The summed E-state index contributed by atoms with van der Waals surface area (Å²) < 4.78 is 1.16. The highest BCUT2D eigenvalue weighted by Gasteiger charge is 2.27. The molecule has 0 aliphatic heterocycles. The normalized spacial score (nSPS) is 21.6. The molecule has 2 atom stereocenters. The van der Waals surface area contributed by atoms with Crippen LogP contribution < -0.4 is 5.32 Å². The second kappa shape index (κ2) is 6.99. The molecule has 3 rings (SSSR count). The molecular formula is C18H20BrNS. The second-order valence-corrected chi connectivity index (χ2v) is 7.70. The topological polar surface area (TPSA) is 12.0 Å². The summed E-state index contributed by atoms with van der Waals surface area (Å²) in [6, 6.07) is 17.9. The molecule has 0 saturated carbocycles. The Kier molecular flexibility index (Phi) is 5.04. The molecule has 3 heteroatoms. The number of fused-ring (bicyclic) bond motifs is 1. The molecular weight excluding hydrogens is 342 g/mol. The van der Waals surface area contributed by atoms with Crippen LogP contribution >= 0.6 is 27.7 Å². The van der Waals surface area contributed by atoms with Crippen molar-refractivity contribution in [2.24, 2.45) is 0 Å². The molecule has 1 N–H and O–H groups in total. The molecule has 1 aliphatic carbocycles. The first-order chi connectivity index (χ1) is 10.3. The highest BCUT2D eigenvalue weighted by molar-refractivity contribution is 9.10. The Labute approximate surface area is 139 Å². The Morgan fingerprint density at radius 1 is 1.14 bits per heavy atom. The van der Waals surface area contributed by atoms with Crippen LogP contribution in [0, 0.1) is 0 Å². The number of aryl methyl sites for hydroxylation is 1. The maximum atomic E-state index is 3.57. The smallest absolute Gasteiger partial charge is 0.0444 e.